The highest BCUT2D eigenvalue weighted by atomic mass is 35.5. The molecule has 1 heterocycles. The van der Waals surface area contributed by atoms with Crippen LogP contribution in [0.2, 0.25) is 10.0 Å². The average molecular weight is 482 g/mol. The minimum atomic E-state index is -0.639. The SMILES string of the molecule is NCCN1C(=O)c2ccccc2[C@@H](C(=O)NCCc2ccccc2)[C@@H]1c1ccc(Cl)cc1Cl. The van der Waals surface area contributed by atoms with E-state index < -0.39 is 12.0 Å². The van der Waals surface area contributed by atoms with Gasteiger partial charge < -0.3 is 16.0 Å². The number of nitrogens with two attached hydrogens (primary N) is 1. The van der Waals surface area contributed by atoms with E-state index in [2.05, 4.69) is 5.32 Å². The molecule has 0 saturated carbocycles. The summed E-state index contributed by atoms with van der Waals surface area (Å²) in [6.45, 7) is 1.04. The van der Waals surface area contributed by atoms with Crippen LogP contribution in [0.5, 0.6) is 0 Å². The highest BCUT2D eigenvalue weighted by Crippen LogP contribution is 2.45. The molecule has 7 heteroatoms. The molecule has 0 aromatic heterocycles. The lowest BCUT2D eigenvalue weighted by Gasteiger charge is -2.42. The van der Waals surface area contributed by atoms with Gasteiger partial charge in [-0.1, -0.05) is 77.8 Å². The number of nitrogens with zero attached hydrogens (tertiary/aromatic N) is 1. The lowest BCUT2D eigenvalue weighted by molar-refractivity contribution is -0.124. The average Bonchev–Trinajstić information content (AvgIpc) is 2.82. The summed E-state index contributed by atoms with van der Waals surface area (Å²) < 4.78 is 0. The standard InChI is InChI=1S/C26H25Cl2N3O2/c27-18-10-11-21(22(28)16-18)24-23(25(32)30-14-12-17-6-2-1-3-7-17)19-8-4-5-9-20(19)26(33)31(24)15-13-29/h1-11,16,23-24H,12-15,29H2,(H,30,32)/t23-,24+/m1/s1. The number of benzene rings is 3. The maximum atomic E-state index is 13.6. The molecule has 2 amide bonds. The van der Waals surface area contributed by atoms with Crippen LogP contribution in [0.3, 0.4) is 0 Å². The molecule has 3 aromatic rings. The summed E-state index contributed by atoms with van der Waals surface area (Å²) in [7, 11) is 0. The Bertz CT molecular complexity index is 1150. The van der Waals surface area contributed by atoms with Crippen LogP contribution >= 0.6 is 23.2 Å². The number of nitrogens with one attached hydrogen (secondary N) is 1. The summed E-state index contributed by atoms with van der Waals surface area (Å²) in [5.74, 6) is -0.968. The molecule has 33 heavy (non-hydrogen) atoms. The minimum Gasteiger partial charge on any atom is -0.355 e. The molecule has 0 spiro atoms. The third kappa shape index (κ3) is 4.91. The second-order valence-corrected chi connectivity index (χ2v) is 8.83. The number of hydrogen-bond acceptors (Lipinski definition) is 3. The topological polar surface area (TPSA) is 75.4 Å². The zero-order valence-electron chi connectivity index (χ0n) is 18.0. The molecule has 3 aromatic carbocycles. The van der Waals surface area contributed by atoms with Crippen LogP contribution in [0, 0.1) is 0 Å². The molecular formula is C26H25Cl2N3O2. The Hall–Kier alpha value is -2.86. The first-order chi connectivity index (χ1) is 16.0. The molecule has 4 rings (SSSR count). The molecule has 5 nitrogen and oxygen atoms in total. The van der Waals surface area contributed by atoms with E-state index in [4.69, 9.17) is 28.9 Å². The molecule has 0 saturated heterocycles. The summed E-state index contributed by atoms with van der Waals surface area (Å²) >= 11 is 12.7. The summed E-state index contributed by atoms with van der Waals surface area (Å²) in [5, 5.41) is 3.97. The van der Waals surface area contributed by atoms with E-state index in [-0.39, 0.29) is 18.4 Å². The molecule has 1 aliphatic rings. The predicted molar refractivity (Wildman–Crippen MR) is 132 cm³/mol. The van der Waals surface area contributed by atoms with Crippen molar-refractivity contribution in [1.29, 1.82) is 0 Å². The third-order valence-corrected chi connectivity index (χ3v) is 6.49. The van der Waals surface area contributed by atoms with Crippen molar-refractivity contribution in [2.45, 2.75) is 18.4 Å². The number of hydrogen-bond donors (Lipinski definition) is 2. The molecule has 0 aliphatic carbocycles. The first-order valence-electron chi connectivity index (χ1n) is 10.9. The normalized spacial score (nSPS) is 17.5. The van der Waals surface area contributed by atoms with Gasteiger partial charge in [0, 0.05) is 35.2 Å². The molecule has 3 N–H and O–H groups in total. The highest BCUT2D eigenvalue weighted by molar-refractivity contribution is 6.35. The first kappa shape index (κ1) is 23.3. The van der Waals surface area contributed by atoms with Gasteiger partial charge in [0.15, 0.2) is 0 Å². The molecule has 170 valence electrons. The van der Waals surface area contributed by atoms with Gasteiger partial charge in [0.25, 0.3) is 5.91 Å². The van der Waals surface area contributed by atoms with Gasteiger partial charge in [0.05, 0.1) is 12.0 Å². The Balaban J connectivity index is 1.72. The fraction of sp³-hybridized carbons (Fsp3) is 0.231. The predicted octanol–water partition coefficient (Wildman–Crippen LogP) is 4.59. The van der Waals surface area contributed by atoms with Crippen molar-refractivity contribution in [3.63, 3.8) is 0 Å². The number of fused-ring (bicyclic) bond motifs is 1. The van der Waals surface area contributed by atoms with Gasteiger partial charge in [-0.2, -0.15) is 0 Å². The van der Waals surface area contributed by atoms with Gasteiger partial charge in [0.1, 0.15) is 0 Å². The van der Waals surface area contributed by atoms with Crippen LogP contribution in [0.15, 0.2) is 72.8 Å². The van der Waals surface area contributed by atoms with E-state index in [1.165, 1.54) is 0 Å². The van der Waals surface area contributed by atoms with Crippen LogP contribution < -0.4 is 11.1 Å². The van der Waals surface area contributed by atoms with Crippen molar-refractivity contribution in [3.05, 3.63) is 105 Å². The lowest BCUT2D eigenvalue weighted by Crippen LogP contribution is -2.49. The summed E-state index contributed by atoms with van der Waals surface area (Å²) in [5.41, 5.74) is 8.86. The fourth-order valence-corrected chi connectivity index (χ4v) is 4.95. The molecule has 0 radical (unpaired) electrons. The van der Waals surface area contributed by atoms with Gasteiger partial charge in [-0.05, 0) is 41.3 Å². The van der Waals surface area contributed by atoms with Gasteiger partial charge in [0.2, 0.25) is 5.91 Å². The van der Waals surface area contributed by atoms with Crippen molar-refractivity contribution < 1.29 is 9.59 Å². The van der Waals surface area contributed by atoms with E-state index in [1.807, 2.05) is 42.5 Å². The molecule has 1 aliphatic heterocycles. The van der Waals surface area contributed by atoms with E-state index in [0.29, 0.717) is 46.2 Å². The van der Waals surface area contributed by atoms with Crippen LogP contribution in [0.4, 0.5) is 0 Å². The van der Waals surface area contributed by atoms with Crippen LogP contribution in [0.1, 0.15) is 39.0 Å². The molecule has 2 atom stereocenters. The van der Waals surface area contributed by atoms with Crippen molar-refractivity contribution in [2.75, 3.05) is 19.6 Å². The van der Waals surface area contributed by atoms with E-state index in [1.54, 1.807) is 35.2 Å². The van der Waals surface area contributed by atoms with E-state index in [9.17, 15) is 9.59 Å². The Morgan fingerprint density at radius 2 is 1.70 bits per heavy atom. The minimum absolute atomic E-state index is 0.163. The number of halogens is 2. The summed E-state index contributed by atoms with van der Waals surface area (Å²) in [6.07, 6.45) is 0.707. The number of carbonyl (C=O) groups is 2. The fourth-order valence-electron chi connectivity index (χ4n) is 4.43. The maximum Gasteiger partial charge on any atom is 0.254 e. The van der Waals surface area contributed by atoms with Crippen LogP contribution in [-0.4, -0.2) is 36.3 Å². The van der Waals surface area contributed by atoms with Crippen LogP contribution in [0.25, 0.3) is 0 Å². The smallest absolute Gasteiger partial charge is 0.254 e. The Morgan fingerprint density at radius 3 is 2.42 bits per heavy atom. The Morgan fingerprint density at radius 1 is 0.970 bits per heavy atom. The quantitative estimate of drug-likeness (QED) is 0.517. The summed E-state index contributed by atoms with van der Waals surface area (Å²) in [4.78, 5) is 28.7. The van der Waals surface area contributed by atoms with Crippen molar-refractivity contribution in [2.24, 2.45) is 5.73 Å². The number of rotatable bonds is 7. The summed E-state index contributed by atoms with van der Waals surface area (Å²) in [6, 6.07) is 21.7. The number of amides is 2. The lowest BCUT2D eigenvalue weighted by atomic mass is 9.79. The van der Waals surface area contributed by atoms with Gasteiger partial charge >= 0.3 is 0 Å². The van der Waals surface area contributed by atoms with Crippen LogP contribution in [-0.2, 0) is 11.2 Å². The van der Waals surface area contributed by atoms with Gasteiger partial charge in [-0.25, -0.2) is 0 Å². The van der Waals surface area contributed by atoms with Crippen molar-refractivity contribution in [1.82, 2.24) is 10.2 Å². The monoisotopic (exact) mass is 481 g/mol. The zero-order chi connectivity index (χ0) is 23.4. The van der Waals surface area contributed by atoms with Gasteiger partial charge in [-0.3, -0.25) is 9.59 Å². The van der Waals surface area contributed by atoms with Gasteiger partial charge in [-0.15, -0.1) is 0 Å². The van der Waals surface area contributed by atoms with E-state index in [0.717, 1.165) is 5.56 Å². The highest BCUT2D eigenvalue weighted by Gasteiger charge is 2.44. The largest absolute Gasteiger partial charge is 0.355 e. The molecule has 0 unspecified atom stereocenters. The second-order valence-electron chi connectivity index (χ2n) is 7.99. The Labute approximate surface area is 203 Å². The van der Waals surface area contributed by atoms with Crippen molar-refractivity contribution in [3.8, 4) is 0 Å². The molecule has 0 fully saturated rings. The van der Waals surface area contributed by atoms with E-state index >= 15 is 0 Å². The second kappa shape index (κ2) is 10.4. The van der Waals surface area contributed by atoms with Crippen molar-refractivity contribution >= 4 is 35.0 Å². The Kier molecular flexibility index (Phi) is 7.33. The first-order valence-corrected chi connectivity index (χ1v) is 11.6. The molecule has 0 bridgehead atoms. The maximum absolute atomic E-state index is 13.6. The number of carbonyl (C=O) groups excluding carboxylic acids is 2. The zero-order valence-corrected chi connectivity index (χ0v) is 19.5. The third-order valence-electron chi connectivity index (χ3n) is 5.93. The molecular weight excluding hydrogens is 457 g/mol.